The highest BCUT2D eigenvalue weighted by molar-refractivity contribution is 7.16. The molecule has 0 atom stereocenters. The zero-order valence-electron chi connectivity index (χ0n) is 12.9. The van der Waals surface area contributed by atoms with Crippen LogP contribution < -0.4 is 5.56 Å². The molecule has 0 bridgehead atoms. The maximum absolute atomic E-state index is 12.4. The summed E-state index contributed by atoms with van der Waals surface area (Å²) < 4.78 is 1.46. The van der Waals surface area contributed by atoms with Gasteiger partial charge in [-0.05, 0) is 18.6 Å². The van der Waals surface area contributed by atoms with Gasteiger partial charge in [0.05, 0.1) is 10.9 Å². The summed E-state index contributed by atoms with van der Waals surface area (Å²) in [5.74, 6) is 0. The van der Waals surface area contributed by atoms with Crippen molar-refractivity contribution in [2.75, 3.05) is 0 Å². The third-order valence-corrected chi connectivity index (χ3v) is 4.86. The Morgan fingerprint density at radius 2 is 1.86 bits per heavy atom. The minimum Gasteiger partial charge on any atom is -0.267 e. The fraction of sp³-hybridized carbons (Fsp3) is 0.471. The SMILES string of the molecule is CCCCCCCCc1nn2c(=O)c3ccccc3nc2s1. The Morgan fingerprint density at radius 1 is 1.09 bits per heavy atom. The van der Waals surface area contributed by atoms with Crippen molar-refractivity contribution in [1.29, 1.82) is 0 Å². The lowest BCUT2D eigenvalue weighted by Gasteiger charge is -1.98. The van der Waals surface area contributed by atoms with Crippen LogP contribution in [0.4, 0.5) is 0 Å². The summed E-state index contributed by atoms with van der Waals surface area (Å²) >= 11 is 1.54. The van der Waals surface area contributed by atoms with Gasteiger partial charge >= 0.3 is 0 Å². The number of benzene rings is 1. The molecule has 0 saturated carbocycles. The van der Waals surface area contributed by atoms with E-state index in [-0.39, 0.29) is 5.56 Å². The molecule has 0 aliphatic rings. The number of hydrogen-bond donors (Lipinski definition) is 0. The van der Waals surface area contributed by atoms with Crippen molar-refractivity contribution in [1.82, 2.24) is 14.6 Å². The maximum atomic E-state index is 12.4. The molecule has 0 spiro atoms. The lowest BCUT2D eigenvalue weighted by atomic mass is 10.1. The number of aryl methyl sites for hydroxylation is 1. The molecule has 5 heteroatoms. The minimum atomic E-state index is -0.0638. The number of para-hydroxylation sites is 1. The van der Waals surface area contributed by atoms with Gasteiger partial charge in [-0.2, -0.15) is 9.61 Å². The van der Waals surface area contributed by atoms with Crippen LogP contribution in [-0.4, -0.2) is 14.6 Å². The summed E-state index contributed by atoms with van der Waals surface area (Å²) in [6, 6.07) is 7.46. The molecule has 1 aromatic carbocycles. The zero-order chi connectivity index (χ0) is 15.4. The average Bonchev–Trinajstić information content (AvgIpc) is 2.94. The van der Waals surface area contributed by atoms with Gasteiger partial charge in [-0.1, -0.05) is 62.5 Å². The Balaban J connectivity index is 1.74. The molecule has 116 valence electrons. The van der Waals surface area contributed by atoms with E-state index in [1.165, 1.54) is 48.0 Å². The van der Waals surface area contributed by atoms with Crippen LogP contribution in [0.25, 0.3) is 15.9 Å². The van der Waals surface area contributed by atoms with Crippen molar-refractivity contribution >= 4 is 27.2 Å². The van der Waals surface area contributed by atoms with Crippen LogP contribution in [0.2, 0.25) is 0 Å². The Morgan fingerprint density at radius 3 is 2.73 bits per heavy atom. The summed E-state index contributed by atoms with van der Waals surface area (Å²) in [5, 5.41) is 6.10. The molecule has 0 N–H and O–H groups in total. The van der Waals surface area contributed by atoms with Crippen molar-refractivity contribution in [3.8, 4) is 0 Å². The van der Waals surface area contributed by atoms with Crippen molar-refractivity contribution in [2.24, 2.45) is 0 Å². The number of aromatic nitrogens is 3. The Kier molecular flexibility index (Phi) is 4.83. The summed E-state index contributed by atoms with van der Waals surface area (Å²) in [6.45, 7) is 2.23. The smallest absolute Gasteiger partial charge is 0.267 e. The van der Waals surface area contributed by atoms with Gasteiger partial charge in [-0.15, -0.1) is 0 Å². The van der Waals surface area contributed by atoms with Crippen molar-refractivity contribution in [3.05, 3.63) is 39.6 Å². The second kappa shape index (κ2) is 7.01. The lowest BCUT2D eigenvalue weighted by molar-refractivity contribution is 0.605. The van der Waals surface area contributed by atoms with E-state index in [0.29, 0.717) is 10.3 Å². The van der Waals surface area contributed by atoms with Crippen LogP contribution in [0.15, 0.2) is 29.1 Å². The minimum absolute atomic E-state index is 0.0638. The molecular formula is C17H21N3OS. The first-order valence-electron chi connectivity index (χ1n) is 8.07. The van der Waals surface area contributed by atoms with Crippen LogP contribution in [0.3, 0.4) is 0 Å². The number of hydrogen-bond acceptors (Lipinski definition) is 4. The molecular weight excluding hydrogens is 294 g/mol. The van der Waals surface area contributed by atoms with E-state index >= 15 is 0 Å². The van der Waals surface area contributed by atoms with Crippen molar-refractivity contribution in [2.45, 2.75) is 51.9 Å². The van der Waals surface area contributed by atoms with Gasteiger partial charge in [-0.25, -0.2) is 4.98 Å². The van der Waals surface area contributed by atoms with Gasteiger partial charge < -0.3 is 0 Å². The molecule has 0 aliphatic heterocycles. The molecule has 0 aliphatic carbocycles. The molecule has 2 heterocycles. The van der Waals surface area contributed by atoms with Crippen molar-refractivity contribution in [3.63, 3.8) is 0 Å². The fourth-order valence-corrected chi connectivity index (χ4v) is 3.59. The third kappa shape index (κ3) is 3.19. The molecule has 0 radical (unpaired) electrons. The van der Waals surface area contributed by atoms with E-state index in [1.807, 2.05) is 24.3 Å². The molecule has 22 heavy (non-hydrogen) atoms. The van der Waals surface area contributed by atoms with Crippen LogP contribution in [0, 0.1) is 0 Å². The van der Waals surface area contributed by atoms with E-state index < -0.39 is 0 Å². The molecule has 0 fully saturated rings. The van der Waals surface area contributed by atoms with E-state index in [9.17, 15) is 4.79 Å². The first kappa shape index (κ1) is 15.2. The normalized spacial score (nSPS) is 11.5. The molecule has 0 amide bonds. The standard InChI is InChI=1S/C17H21N3OS/c1-2-3-4-5-6-7-12-15-19-20-16(21)13-10-8-9-11-14(13)18-17(20)22-15/h8-11H,2-7,12H2,1H3. The highest BCUT2D eigenvalue weighted by Gasteiger charge is 2.10. The summed E-state index contributed by atoms with van der Waals surface area (Å²) in [5.41, 5.74) is 0.688. The van der Waals surface area contributed by atoms with E-state index in [2.05, 4.69) is 17.0 Å². The topological polar surface area (TPSA) is 47.3 Å². The number of fused-ring (bicyclic) bond motifs is 2. The molecule has 3 aromatic rings. The Labute approximate surface area is 133 Å². The van der Waals surface area contributed by atoms with Gasteiger partial charge in [-0.3, -0.25) is 4.79 Å². The predicted octanol–water partition coefficient (Wildman–Crippen LogP) is 4.21. The molecule has 2 aromatic heterocycles. The zero-order valence-corrected chi connectivity index (χ0v) is 13.7. The second-order valence-electron chi connectivity index (χ2n) is 5.64. The quantitative estimate of drug-likeness (QED) is 0.614. The maximum Gasteiger partial charge on any atom is 0.283 e. The van der Waals surface area contributed by atoms with Crippen LogP contribution >= 0.6 is 11.3 Å². The van der Waals surface area contributed by atoms with Crippen molar-refractivity contribution < 1.29 is 0 Å². The lowest BCUT2D eigenvalue weighted by Crippen LogP contribution is -2.15. The summed E-state index contributed by atoms with van der Waals surface area (Å²) in [4.78, 5) is 17.7. The predicted molar refractivity (Wildman–Crippen MR) is 91.7 cm³/mol. The second-order valence-corrected chi connectivity index (χ2v) is 6.68. The van der Waals surface area contributed by atoms with E-state index in [4.69, 9.17) is 0 Å². The van der Waals surface area contributed by atoms with Gasteiger partial charge in [0, 0.05) is 6.42 Å². The number of unbranched alkanes of at least 4 members (excludes halogenated alkanes) is 5. The van der Waals surface area contributed by atoms with E-state index in [1.54, 1.807) is 0 Å². The van der Waals surface area contributed by atoms with Gasteiger partial charge in [0.15, 0.2) is 0 Å². The average molecular weight is 315 g/mol. The fourth-order valence-electron chi connectivity index (χ4n) is 2.65. The molecule has 4 nitrogen and oxygen atoms in total. The molecule has 3 rings (SSSR count). The monoisotopic (exact) mass is 315 g/mol. The van der Waals surface area contributed by atoms with Crippen LogP contribution in [0.1, 0.15) is 50.5 Å². The van der Waals surface area contributed by atoms with E-state index in [0.717, 1.165) is 23.4 Å². The van der Waals surface area contributed by atoms with Crippen LogP contribution in [0.5, 0.6) is 0 Å². The number of nitrogens with zero attached hydrogens (tertiary/aromatic N) is 3. The first-order valence-corrected chi connectivity index (χ1v) is 8.88. The van der Waals surface area contributed by atoms with Gasteiger partial charge in [0.2, 0.25) is 4.96 Å². The largest absolute Gasteiger partial charge is 0.283 e. The highest BCUT2D eigenvalue weighted by atomic mass is 32.1. The summed E-state index contributed by atoms with van der Waals surface area (Å²) in [7, 11) is 0. The Bertz CT molecular complexity index is 821. The summed E-state index contributed by atoms with van der Waals surface area (Å²) in [6.07, 6.45) is 8.53. The highest BCUT2D eigenvalue weighted by Crippen LogP contribution is 2.17. The molecule has 0 saturated heterocycles. The van der Waals surface area contributed by atoms with Gasteiger partial charge in [0.1, 0.15) is 5.01 Å². The molecule has 0 unspecified atom stereocenters. The van der Waals surface area contributed by atoms with Crippen LogP contribution in [-0.2, 0) is 6.42 Å². The Hall–Kier alpha value is -1.75. The third-order valence-electron chi connectivity index (χ3n) is 3.89. The number of rotatable bonds is 7. The first-order chi connectivity index (χ1) is 10.8. The van der Waals surface area contributed by atoms with Gasteiger partial charge in [0.25, 0.3) is 5.56 Å².